The predicted molar refractivity (Wildman–Crippen MR) is 141 cm³/mol. The number of amides is 1. The number of benzene rings is 1. The molecule has 0 N–H and O–H groups in total. The van der Waals surface area contributed by atoms with Crippen molar-refractivity contribution in [2.45, 2.75) is 51.0 Å². The standard InChI is InChI=1S/C26H31F3N4O6S/c1-5-17(2)39-25(35)37-14-13-32(4)24(34)33-21-9-7-6-8-20(21)31-23(33)40(36)15-11-19-18(3)22(10-12-30-19)38-16-26(27,28)29/h6-10,12,17H,5,11,13-16H2,1-4H3. The van der Waals surface area contributed by atoms with Crippen molar-refractivity contribution in [3.63, 3.8) is 0 Å². The van der Waals surface area contributed by atoms with Crippen LogP contribution in [-0.4, -0.2) is 80.7 Å². The lowest BCUT2D eigenvalue weighted by atomic mass is 10.1. The van der Waals surface area contributed by atoms with Gasteiger partial charge in [0.1, 0.15) is 18.5 Å². The first kappa shape index (κ1) is 30.9. The molecule has 0 aliphatic carbocycles. The number of fused-ring (bicyclic) bond motifs is 1. The molecule has 0 bridgehead atoms. The molecular formula is C26H31F3N4O6S. The molecular weight excluding hydrogens is 553 g/mol. The predicted octanol–water partition coefficient (Wildman–Crippen LogP) is 4.88. The monoisotopic (exact) mass is 584 g/mol. The van der Waals surface area contributed by atoms with E-state index in [9.17, 15) is 27.0 Å². The molecule has 0 saturated carbocycles. The zero-order valence-electron chi connectivity index (χ0n) is 22.6. The number of carbonyl (C=O) groups is 2. The molecule has 3 aromatic rings. The molecule has 0 aliphatic rings. The fraction of sp³-hybridized carbons (Fsp3) is 0.462. The second-order valence-electron chi connectivity index (χ2n) is 8.94. The Hall–Kier alpha value is -3.68. The molecule has 1 amide bonds. The van der Waals surface area contributed by atoms with Gasteiger partial charge in [-0.25, -0.2) is 19.1 Å². The van der Waals surface area contributed by atoms with Crippen LogP contribution in [0, 0.1) is 6.92 Å². The lowest BCUT2D eigenvalue weighted by Crippen LogP contribution is -2.35. The van der Waals surface area contributed by atoms with Crippen LogP contribution in [0.1, 0.15) is 31.5 Å². The Morgan fingerprint density at radius 3 is 2.62 bits per heavy atom. The van der Waals surface area contributed by atoms with E-state index in [4.69, 9.17) is 14.2 Å². The van der Waals surface area contributed by atoms with Crippen LogP contribution in [0.5, 0.6) is 5.75 Å². The summed E-state index contributed by atoms with van der Waals surface area (Å²) < 4.78 is 67.3. The van der Waals surface area contributed by atoms with Gasteiger partial charge in [-0.1, -0.05) is 19.1 Å². The summed E-state index contributed by atoms with van der Waals surface area (Å²) in [5.41, 5.74) is 1.72. The minimum absolute atomic E-state index is 0.00143. The molecule has 2 atom stereocenters. The van der Waals surface area contributed by atoms with E-state index in [0.29, 0.717) is 28.7 Å². The quantitative estimate of drug-likeness (QED) is 0.293. The van der Waals surface area contributed by atoms with Gasteiger partial charge in [0.15, 0.2) is 6.61 Å². The van der Waals surface area contributed by atoms with Crippen LogP contribution in [0.3, 0.4) is 0 Å². The lowest BCUT2D eigenvalue weighted by molar-refractivity contribution is -0.153. The van der Waals surface area contributed by atoms with Gasteiger partial charge in [-0.15, -0.1) is 0 Å². The Bertz CT molecular complexity index is 1360. The molecule has 14 heteroatoms. The van der Waals surface area contributed by atoms with Gasteiger partial charge in [-0.05, 0) is 38.5 Å². The molecule has 40 heavy (non-hydrogen) atoms. The number of ether oxygens (including phenoxy) is 3. The summed E-state index contributed by atoms with van der Waals surface area (Å²) in [4.78, 5) is 35.1. The summed E-state index contributed by atoms with van der Waals surface area (Å²) in [7, 11) is -0.274. The van der Waals surface area contributed by atoms with E-state index in [-0.39, 0.29) is 42.3 Å². The molecule has 0 saturated heterocycles. The number of halogens is 3. The number of para-hydroxylation sites is 2. The number of rotatable bonds is 11. The topological polar surface area (TPSA) is 113 Å². The van der Waals surface area contributed by atoms with Crippen LogP contribution in [0.4, 0.5) is 22.8 Å². The number of alkyl halides is 3. The second-order valence-corrected chi connectivity index (χ2v) is 10.4. The number of nitrogens with zero attached hydrogens (tertiary/aromatic N) is 4. The van der Waals surface area contributed by atoms with E-state index in [0.717, 1.165) is 0 Å². The number of aryl methyl sites for hydroxylation is 1. The van der Waals surface area contributed by atoms with Gasteiger partial charge in [-0.2, -0.15) is 13.2 Å². The van der Waals surface area contributed by atoms with Crippen molar-refractivity contribution in [1.82, 2.24) is 19.4 Å². The van der Waals surface area contributed by atoms with Gasteiger partial charge in [0, 0.05) is 36.7 Å². The largest absolute Gasteiger partial charge is 0.508 e. The van der Waals surface area contributed by atoms with Crippen LogP contribution < -0.4 is 4.74 Å². The lowest BCUT2D eigenvalue weighted by Gasteiger charge is -2.19. The number of pyridine rings is 1. The molecule has 218 valence electrons. The highest BCUT2D eigenvalue weighted by Gasteiger charge is 2.29. The third-order valence-electron chi connectivity index (χ3n) is 5.94. The highest BCUT2D eigenvalue weighted by molar-refractivity contribution is 7.84. The molecule has 0 spiro atoms. The second kappa shape index (κ2) is 13.6. The fourth-order valence-corrected chi connectivity index (χ4v) is 4.70. The molecule has 0 radical (unpaired) electrons. The van der Waals surface area contributed by atoms with Gasteiger partial charge in [-0.3, -0.25) is 9.19 Å². The maximum absolute atomic E-state index is 13.4. The first-order chi connectivity index (χ1) is 18.9. The van der Waals surface area contributed by atoms with Gasteiger partial charge < -0.3 is 19.1 Å². The number of hydrogen-bond donors (Lipinski definition) is 0. The molecule has 2 unspecified atom stereocenters. The SMILES string of the molecule is CCC(C)OC(=O)OCCN(C)C(=O)n1c(S(=O)CCc2nccc(OCC(F)(F)F)c2C)nc2ccccc21. The van der Waals surface area contributed by atoms with Crippen molar-refractivity contribution in [3.8, 4) is 5.75 Å². The average molecular weight is 585 g/mol. The number of hydrogen-bond acceptors (Lipinski definition) is 8. The summed E-state index contributed by atoms with van der Waals surface area (Å²) in [6, 6.07) is 7.60. The minimum Gasteiger partial charge on any atom is -0.484 e. The van der Waals surface area contributed by atoms with E-state index in [1.165, 1.54) is 28.8 Å². The van der Waals surface area contributed by atoms with Crippen molar-refractivity contribution in [2.24, 2.45) is 0 Å². The third-order valence-corrected chi connectivity index (χ3v) is 7.20. The summed E-state index contributed by atoms with van der Waals surface area (Å²) in [5, 5.41) is 0.0114. The maximum atomic E-state index is 13.4. The zero-order valence-corrected chi connectivity index (χ0v) is 23.4. The van der Waals surface area contributed by atoms with Crippen LogP contribution in [0.2, 0.25) is 0 Å². The van der Waals surface area contributed by atoms with Gasteiger partial charge in [0.25, 0.3) is 0 Å². The highest BCUT2D eigenvalue weighted by Crippen LogP contribution is 2.24. The Morgan fingerprint density at radius 2 is 1.93 bits per heavy atom. The Labute approximate surface area is 231 Å². The molecule has 0 fully saturated rings. The molecule has 2 heterocycles. The number of aromatic nitrogens is 3. The third kappa shape index (κ3) is 8.16. The Balaban J connectivity index is 1.73. The van der Waals surface area contributed by atoms with Crippen molar-refractivity contribution >= 4 is 34.0 Å². The minimum atomic E-state index is -4.49. The molecule has 10 nitrogen and oxygen atoms in total. The summed E-state index contributed by atoms with van der Waals surface area (Å²) >= 11 is 0. The molecule has 3 rings (SSSR count). The van der Waals surface area contributed by atoms with Crippen molar-refractivity contribution in [1.29, 1.82) is 0 Å². The fourth-order valence-electron chi connectivity index (χ4n) is 3.56. The highest BCUT2D eigenvalue weighted by atomic mass is 32.2. The Morgan fingerprint density at radius 1 is 1.20 bits per heavy atom. The van der Waals surface area contributed by atoms with Crippen molar-refractivity contribution in [2.75, 3.05) is 32.6 Å². The number of likely N-dealkylation sites (N-methyl/N-ethyl adjacent to an activating group) is 1. The van der Waals surface area contributed by atoms with Gasteiger partial charge in [0.2, 0.25) is 5.16 Å². The molecule has 1 aromatic carbocycles. The normalized spacial score (nSPS) is 13.1. The Kier molecular flexibility index (Phi) is 10.5. The summed E-state index contributed by atoms with van der Waals surface area (Å²) in [6.45, 7) is 3.67. The van der Waals surface area contributed by atoms with Crippen LogP contribution in [-0.2, 0) is 26.7 Å². The van der Waals surface area contributed by atoms with Gasteiger partial charge >= 0.3 is 18.4 Å². The molecule has 2 aromatic heterocycles. The number of imidazole rings is 1. The average Bonchev–Trinajstić information content (AvgIpc) is 3.30. The van der Waals surface area contributed by atoms with Crippen LogP contribution >= 0.6 is 0 Å². The van der Waals surface area contributed by atoms with E-state index >= 15 is 0 Å². The van der Waals surface area contributed by atoms with Crippen molar-refractivity contribution in [3.05, 3.63) is 47.8 Å². The number of carbonyl (C=O) groups excluding carboxylic acids is 2. The van der Waals surface area contributed by atoms with E-state index in [2.05, 4.69) is 9.97 Å². The zero-order chi connectivity index (χ0) is 29.4. The van der Waals surface area contributed by atoms with Crippen molar-refractivity contribution < 1.29 is 41.2 Å². The van der Waals surface area contributed by atoms with E-state index < -0.39 is 35.8 Å². The molecule has 0 aliphatic heterocycles. The smallest absolute Gasteiger partial charge is 0.484 e. The van der Waals surface area contributed by atoms with E-state index in [1.54, 1.807) is 38.1 Å². The van der Waals surface area contributed by atoms with Crippen LogP contribution in [0.15, 0.2) is 41.7 Å². The first-order valence-corrected chi connectivity index (χ1v) is 13.8. The van der Waals surface area contributed by atoms with E-state index in [1.807, 2.05) is 6.92 Å². The summed E-state index contributed by atoms with van der Waals surface area (Å²) in [6.07, 6.45) is -3.52. The van der Waals surface area contributed by atoms with Gasteiger partial charge in [0.05, 0.1) is 28.4 Å². The first-order valence-electron chi connectivity index (χ1n) is 12.5. The van der Waals surface area contributed by atoms with Crippen LogP contribution in [0.25, 0.3) is 11.0 Å². The maximum Gasteiger partial charge on any atom is 0.508 e. The summed E-state index contributed by atoms with van der Waals surface area (Å²) in [5.74, 6) is 0.0361.